The van der Waals surface area contributed by atoms with Gasteiger partial charge in [0.25, 0.3) is 0 Å². The fourth-order valence-electron chi connectivity index (χ4n) is 3.74. The van der Waals surface area contributed by atoms with Crippen LogP contribution in [0, 0.1) is 11.7 Å². The lowest BCUT2D eigenvalue weighted by Crippen LogP contribution is -2.42. The molecule has 4 rings (SSSR count). The van der Waals surface area contributed by atoms with E-state index in [2.05, 4.69) is 30.6 Å². The lowest BCUT2D eigenvalue weighted by molar-refractivity contribution is -0.125. The van der Waals surface area contributed by atoms with Gasteiger partial charge in [-0.2, -0.15) is 0 Å². The maximum Gasteiger partial charge on any atom is 0.224 e. The SMILES string of the molecule is CNC(=O)[C@H]1CCCC[C@H]1Nc1nc(-c2c[nH]c3ncc(Cl)cc23)ncc1F. The summed E-state index contributed by atoms with van der Waals surface area (Å²) in [5, 5.41) is 7.08. The van der Waals surface area contributed by atoms with Crippen LogP contribution in [-0.2, 0) is 4.79 Å². The largest absolute Gasteiger partial charge is 0.364 e. The summed E-state index contributed by atoms with van der Waals surface area (Å²) in [6, 6.07) is 1.59. The second-order valence-electron chi connectivity index (χ2n) is 6.90. The van der Waals surface area contributed by atoms with Crippen LogP contribution in [0.15, 0.2) is 24.7 Å². The molecule has 1 saturated carbocycles. The predicted molar refractivity (Wildman–Crippen MR) is 106 cm³/mol. The minimum atomic E-state index is -0.555. The Bertz CT molecular complexity index is 1020. The average molecular weight is 403 g/mol. The number of aromatic amines is 1. The third-order valence-corrected chi connectivity index (χ3v) is 5.36. The van der Waals surface area contributed by atoms with Crippen LogP contribution in [0.4, 0.5) is 10.2 Å². The lowest BCUT2D eigenvalue weighted by Gasteiger charge is -2.31. The van der Waals surface area contributed by atoms with Crippen molar-refractivity contribution in [3.05, 3.63) is 35.5 Å². The molecule has 1 amide bonds. The van der Waals surface area contributed by atoms with E-state index in [0.717, 1.165) is 37.3 Å². The van der Waals surface area contributed by atoms with Gasteiger partial charge in [0.05, 0.1) is 17.1 Å². The summed E-state index contributed by atoms with van der Waals surface area (Å²) >= 11 is 6.05. The standard InChI is InChI=1S/C19H20ClFN6O/c1-22-19(28)11-4-2-3-5-15(11)26-18-14(21)9-25-17(27-18)13-8-24-16-12(13)6-10(20)7-23-16/h6-9,11,15H,2-5H2,1H3,(H,22,28)(H,23,24)(H,25,26,27)/t11-,15+/m0/s1. The van der Waals surface area contributed by atoms with Crippen LogP contribution in [0.5, 0.6) is 0 Å². The van der Waals surface area contributed by atoms with Crippen molar-refractivity contribution in [2.75, 3.05) is 12.4 Å². The van der Waals surface area contributed by atoms with Gasteiger partial charge in [-0.3, -0.25) is 4.79 Å². The highest BCUT2D eigenvalue weighted by Crippen LogP contribution is 2.30. The van der Waals surface area contributed by atoms with E-state index in [1.807, 2.05) is 0 Å². The summed E-state index contributed by atoms with van der Waals surface area (Å²) in [6.45, 7) is 0. The predicted octanol–water partition coefficient (Wildman–Crippen LogP) is 3.53. The number of rotatable bonds is 4. The molecule has 0 radical (unpaired) electrons. The van der Waals surface area contributed by atoms with Gasteiger partial charge in [-0.1, -0.05) is 24.4 Å². The molecule has 1 aliphatic carbocycles. The molecule has 1 aliphatic rings. The molecule has 0 aromatic carbocycles. The van der Waals surface area contributed by atoms with Gasteiger partial charge >= 0.3 is 0 Å². The van der Waals surface area contributed by atoms with E-state index in [0.29, 0.717) is 22.1 Å². The molecular formula is C19H20ClFN6O. The third-order valence-electron chi connectivity index (χ3n) is 5.15. The van der Waals surface area contributed by atoms with Gasteiger partial charge in [-0.15, -0.1) is 0 Å². The Morgan fingerprint density at radius 2 is 2.11 bits per heavy atom. The molecule has 1 fully saturated rings. The minimum absolute atomic E-state index is 0.0377. The van der Waals surface area contributed by atoms with Crippen LogP contribution < -0.4 is 10.6 Å². The van der Waals surface area contributed by atoms with E-state index >= 15 is 0 Å². The van der Waals surface area contributed by atoms with E-state index in [9.17, 15) is 9.18 Å². The number of amides is 1. The number of aromatic nitrogens is 4. The van der Waals surface area contributed by atoms with Crippen LogP contribution >= 0.6 is 11.6 Å². The van der Waals surface area contributed by atoms with Gasteiger partial charge in [-0.25, -0.2) is 19.3 Å². The number of hydrogen-bond donors (Lipinski definition) is 3. The smallest absolute Gasteiger partial charge is 0.224 e. The molecule has 0 aliphatic heterocycles. The number of pyridine rings is 1. The van der Waals surface area contributed by atoms with Gasteiger partial charge in [0, 0.05) is 36.4 Å². The molecule has 0 saturated heterocycles. The van der Waals surface area contributed by atoms with Crippen molar-refractivity contribution in [3.63, 3.8) is 0 Å². The molecule has 3 N–H and O–H groups in total. The zero-order valence-corrected chi connectivity index (χ0v) is 16.1. The lowest BCUT2D eigenvalue weighted by atomic mass is 9.84. The molecule has 0 unspecified atom stereocenters. The molecule has 3 aromatic heterocycles. The first-order valence-corrected chi connectivity index (χ1v) is 9.58. The second-order valence-corrected chi connectivity index (χ2v) is 7.33. The normalized spacial score (nSPS) is 19.5. The Balaban J connectivity index is 1.67. The van der Waals surface area contributed by atoms with E-state index in [4.69, 9.17) is 11.6 Å². The monoisotopic (exact) mass is 402 g/mol. The molecule has 146 valence electrons. The summed E-state index contributed by atoms with van der Waals surface area (Å²) in [7, 11) is 1.62. The van der Waals surface area contributed by atoms with Crippen molar-refractivity contribution in [1.29, 1.82) is 0 Å². The molecule has 3 aromatic rings. The fourth-order valence-corrected chi connectivity index (χ4v) is 3.90. The quantitative estimate of drug-likeness (QED) is 0.620. The Morgan fingerprint density at radius 3 is 2.93 bits per heavy atom. The molecule has 3 heterocycles. The van der Waals surface area contributed by atoms with Gasteiger partial charge in [0.2, 0.25) is 5.91 Å². The summed E-state index contributed by atoms with van der Waals surface area (Å²) in [5.41, 5.74) is 1.33. The Morgan fingerprint density at radius 1 is 1.29 bits per heavy atom. The number of nitrogens with zero attached hydrogens (tertiary/aromatic N) is 3. The fraction of sp³-hybridized carbons (Fsp3) is 0.368. The van der Waals surface area contributed by atoms with Crippen LogP contribution in [0.1, 0.15) is 25.7 Å². The van der Waals surface area contributed by atoms with Crippen molar-refractivity contribution in [1.82, 2.24) is 25.3 Å². The number of carbonyl (C=O) groups is 1. The van der Waals surface area contributed by atoms with Gasteiger partial charge in [0.15, 0.2) is 17.5 Å². The van der Waals surface area contributed by atoms with Crippen molar-refractivity contribution >= 4 is 34.4 Å². The van der Waals surface area contributed by atoms with Crippen LogP contribution in [0.25, 0.3) is 22.4 Å². The van der Waals surface area contributed by atoms with Crippen molar-refractivity contribution in [3.8, 4) is 11.4 Å². The first-order valence-electron chi connectivity index (χ1n) is 9.20. The molecule has 2 atom stereocenters. The minimum Gasteiger partial charge on any atom is -0.364 e. The zero-order chi connectivity index (χ0) is 19.7. The van der Waals surface area contributed by atoms with Crippen LogP contribution in [0.2, 0.25) is 5.02 Å². The van der Waals surface area contributed by atoms with E-state index < -0.39 is 5.82 Å². The van der Waals surface area contributed by atoms with E-state index in [1.54, 1.807) is 25.5 Å². The number of carbonyl (C=O) groups excluding carboxylic acids is 1. The highest BCUT2D eigenvalue weighted by Gasteiger charge is 2.31. The van der Waals surface area contributed by atoms with Crippen molar-refractivity contribution < 1.29 is 9.18 Å². The van der Waals surface area contributed by atoms with Gasteiger partial charge in [0.1, 0.15) is 5.65 Å². The number of nitrogens with one attached hydrogen (secondary N) is 3. The number of H-pyrrole nitrogens is 1. The van der Waals surface area contributed by atoms with Gasteiger partial charge < -0.3 is 15.6 Å². The maximum atomic E-state index is 14.4. The molecule has 28 heavy (non-hydrogen) atoms. The zero-order valence-electron chi connectivity index (χ0n) is 15.3. The first kappa shape index (κ1) is 18.6. The maximum absolute atomic E-state index is 14.4. The third kappa shape index (κ3) is 3.52. The molecular weight excluding hydrogens is 383 g/mol. The molecule has 7 nitrogen and oxygen atoms in total. The number of halogens is 2. The number of anilines is 1. The molecule has 0 bridgehead atoms. The Kier molecular flexibility index (Phi) is 5.13. The Hall–Kier alpha value is -2.74. The van der Waals surface area contributed by atoms with Crippen LogP contribution in [0.3, 0.4) is 0 Å². The van der Waals surface area contributed by atoms with Gasteiger partial charge in [-0.05, 0) is 18.9 Å². The van der Waals surface area contributed by atoms with Crippen molar-refractivity contribution in [2.45, 2.75) is 31.7 Å². The summed E-state index contributed by atoms with van der Waals surface area (Å²) < 4.78 is 14.4. The summed E-state index contributed by atoms with van der Waals surface area (Å²) in [5.74, 6) is -0.362. The van der Waals surface area contributed by atoms with E-state index in [1.165, 1.54) is 0 Å². The molecule has 9 heteroatoms. The highest BCUT2D eigenvalue weighted by molar-refractivity contribution is 6.31. The van der Waals surface area contributed by atoms with Crippen molar-refractivity contribution in [2.24, 2.45) is 5.92 Å². The summed E-state index contributed by atoms with van der Waals surface area (Å²) in [4.78, 5) is 28.0. The van der Waals surface area contributed by atoms with Crippen LogP contribution in [-0.4, -0.2) is 38.9 Å². The summed E-state index contributed by atoms with van der Waals surface area (Å²) in [6.07, 6.45) is 7.92. The first-order chi connectivity index (χ1) is 13.6. The second kappa shape index (κ2) is 7.71. The highest BCUT2D eigenvalue weighted by atomic mass is 35.5. The number of hydrogen-bond acceptors (Lipinski definition) is 5. The average Bonchev–Trinajstić information content (AvgIpc) is 3.12. The number of fused-ring (bicyclic) bond motifs is 1. The van der Waals surface area contributed by atoms with E-state index in [-0.39, 0.29) is 23.7 Å². The molecule has 0 spiro atoms. The topological polar surface area (TPSA) is 95.6 Å². The Labute approximate surface area is 166 Å².